The first kappa shape index (κ1) is 14.8. The number of hydrogen-bond acceptors (Lipinski definition) is 2. The molecule has 0 saturated carbocycles. The maximum Gasteiger partial charge on any atom is 0.164 e. The molecular formula is C24H17NO. The van der Waals surface area contributed by atoms with Crippen molar-refractivity contribution < 1.29 is 4.84 Å². The summed E-state index contributed by atoms with van der Waals surface area (Å²) in [6, 6.07) is 33.2. The topological polar surface area (TPSA) is 12.5 Å². The first-order valence-corrected chi connectivity index (χ1v) is 8.72. The Morgan fingerprint density at radius 3 is 2.12 bits per heavy atom. The van der Waals surface area contributed by atoms with Gasteiger partial charge in [0.05, 0.1) is 11.9 Å². The van der Waals surface area contributed by atoms with E-state index >= 15 is 0 Å². The van der Waals surface area contributed by atoms with Crippen molar-refractivity contribution in [3.63, 3.8) is 0 Å². The minimum Gasteiger partial charge on any atom is -0.375 e. The molecule has 0 aliphatic carbocycles. The Labute approximate surface area is 152 Å². The number of fused-ring (bicyclic) bond motifs is 3. The molecule has 1 aliphatic rings. The van der Waals surface area contributed by atoms with Crippen molar-refractivity contribution in [2.24, 2.45) is 0 Å². The fourth-order valence-corrected chi connectivity index (χ4v) is 3.46. The third-order valence-electron chi connectivity index (χ3n) is 4.70. The summed E-state index contributed by atoms with van der Waals surface area (Å²) in [6.45, 7) is 0. The summed E-state index contributed by atoms with van der Waals surface area (Å²) < 4.78 is 0. The van der Waals surface area contributed by atoms with E-state index in [0.29, 0.717) is 0 Å². The van der Waals surface area contributed by atoms with E-state index in [2.05, 4.69) is 66.9 Å². The van der Waals surface area contributed by atoms with Crippen LogP contribution in [0.1, 0.15) is 11.1 Å². The lowest BCUT2D eigenvalue weighted by Gasteiger charge is -2.29. The molecule has 0 unspecified atom stereocenters. The maximum atomic E-state index is 6.23. The zero-order valence-corrected chi connectivity index (χ0v) is 14.2. The maximum absolute atomic E-state index is 6.23. The SMILES string of the molecule is C1=C(c2ccccc2)c2c(ccc3ccccc23)ON1c1ccccc1. The molecule has 4 aromatic carbocycles. The van der Waals surface area contributed by atoms with Crippen molar-refractivity contribution in [2.75, 3.05) is 5.06 Å². The highest BCUT2D eigenvalue weighted by Crippen LogP contribution is 2.41. The van der Waals surface area contributed by atoms with Crippen LogP contribution in [0.5, 0.6) is 5.75 Å². The average molecular weight is 335 g/mol. The van der Waals surface area contributed by atoms with Gasteiger partial charge in [0.25, 0.3) is 0 Å². The second-order valence-corrected chi connectivity index (χ2v) is 6.32. The summed E-state index contributed by atoms with van der Waals surface area (Å²) in [5, 5.41) is 4.26. The molecule has 0 aromatic heterocycles. The van der Waals surface area contributed by atoms with Crippen molar-refractivity contribution in [1.82, 2.24) is 0 Å². The summed E-state index contributed by atoms with van der Waals surface area (Å²) in [6.07, 6.45) is 2.08. The molecule has 0 saturated heterocycles. The molecule has 0 fully saturated rings. The lowest BCUT2D eigenvalue weighted by Crippen LogP contribution is -2.25. The molecule has 124 valence electrons. The van der Waals surface area contributed by atoms with Gasteiger partial charge in [0.1, 0.15) is 0 Å². The Bertz CT molecular complexity index is 1100. The Kier molecular flexibility index (Phi) is 3.46. The van der Waals surface area contributed by atoms with Gasteiger partial charge in [-0.05, 0) is 34.5 Å². The smallest absolute Gasteiger partial charge is 0.164 e. The lowest BCUT2D eigenvalue weighted by atomic mass is 9.92. The van der Waals surface area contributed by atoms with Crippen LogP contribution in [0.3, 0.4) is 0 Å². The van der Waals surface area contributed by atoms with Crippen LogP contribution in [0.15, 0.2) is 103 Å². The monoisotopic (exact) mass is 335 g/mol. The summed E-state index contributed by atoms with van der Waals surface area (Å²) in [5.74, 6) is 0.869. The normalized spacial score (nSPS) is 13.1. The van der Waals surface area contributed by atoms with Crippen LogP contribution in [-0.4, -0.2) is 0 Å². The number of benzene rings is 4. The van der Waals surface area contributed by atoms with E-state index in [-0.39, 0.29) is 0 Å². The van der Waals surface area contributed by atoms with E-state index in [1.165, 1.54) is 16.3 Å². The van der Waals surface area contributed by atoms with Gasteiger partial charge in [0.2, 0.25) is 0 Å². The largest absolute Gasteiger partial charge is 0.375 e. The summed E-state index contributed by atoms with van der Waals surface area (Å²) >= 11 is 0. The van der Waals surface area contributed by atoms with Gasteiger partial charge in [-0.15, -0.1) is 0 Å². The predicted octanol–water partition coefficient (Wildman–Crippen LogP) is 6.04. The van der Waals surface area contributed by atoms with Crippen LogP contribution in [0.2, 0.25) is 0 Å². The Morgan fingerprint density at radius 1 is 0.615 bits per heavy atom. The molecule has 26 heavy (non-hydrogen) atoms. The zero-order chi connectivity index (χ0) is 17.3. The molecule has 4 aromatic rings. The molecule has 0 amide bonds. The molecule has 5 rings (SSSR count). The van der Waals surface area contributed by atoms with Gasteiger partial charge >= 0.3 is 0 Å². The Balaban J connectivity index is 1.77. The number of anilines is 1. The second-order valence-electron chi connectivity index (χ2n) is 6.32. The van der Waals surface area contributed by atoms with Crippen LogP contribution in [0.4, 0.5) is 5.69 Å². The van der Waals surface area contributed by atoms with Gasteiger partial charge in [-0.2, -0.15) is 5.06 Å². The van der Waals surface area contributed by atoms with E-state index in [1.807, 2.05) is 41.5 Å². The van der Waals surface area contributed by atoms with Crippen LogP contribution >= 0.6 is 0 Å². The first-order chi connectivity index (χ1) is 12.9. The van der Waals surface area contributed by atoms with Crippen LogP contribution < -0.4 is 9.90 Å². The molecule has 0 radical (unpaired) electrons. The van der Waals surface area contributed by atoms with Crippen molar-refractivity contribution in [2.45, 2.75) is 0 Å². The molecule has 2 heteroatoms. The molecule has 1 heterocycles. The standard InChI is InChI=1S/C24H17NO/c1-3-9-18(10-4-1)22-17-25(20-12-5-2-6-13-20)26-23-16-15-19-11-7-8-14-21(19)24(22)23/h1-17H. The molecule has 0 atom stereocenters. The molecule has 2 nitrogen and oxygen atoms in total. The van der Waals surface area contributed by atoms with Crippen molar-refractivity contribution >= 4 is 22.0 Å². The Morgan fingerprint density at radius 2 is 1.31 bits per heavy atom. The van der Waals surface area contributed by atoms with Crippen molar-refractivity contribution in [3.05, 3.63) is 114 Å². The fourth-order valence-electron chi connectivity index (χ4n) is 3.46. The molecular weight excluding hydrogens is 318 g/mol. The van der Waals surface area contributed by atoms with Gasteiger partial charge in [-0.25, -0.2) is 0 Å². The Hall–Kier alpha value is -3.52. The predicted molar refractivity (Wildman–Crippen MR) is 107 cm³/mol. The van der Waals surface area contributed by atoms with E-state index in [9.17, 15) is 0 Å². The van der Waals surface area contributed by atoms with Crippen LogP contribution in [-0.2, 0) is 0 Å². The lowest BCUT2D eigenvalue weighted by molar-refractivity contribution is 0.314. The molecule has 0 bridgehead atoms. The van der Waals surface area contributed by atoms with Gasteiger partial charge < -0.3 is 4.84 Å². The highest BCUT2D eigenvalue weighted by molar-refractivity contribution is 6.01. The number of hydrogen-bond donors (Lipinski definition) is 0. The highest BCUT2D eigenvalue weighted by atomic mass is 16.7. The van der Waals surface area contributed by atoms with Crippen molar-refractivity contribution in [1.29, 1.82) is 0 Å². The van der Waals surface area contributed by atoms with Gasteiger partial charge in [0, 0.05) is 11.1 Å². The van der Waals surface area contributed by atoms with Gasteiger partial charge in [0.15, 0.2) is 5.75 Å². The quantitative estimate of drug-likeness (QED) is 0.442. The van der Waals surface area contributed by atoms with Crippen LogP contribution in [0, 0.1) is 0 Å². The van der Waals surface area contributed by atoms with Crippen molar-refractivity contribution in [3.8, 4) is 5.75 Å². The zero-order valence-electron chi connectivity index (χ0n) is 14.2. The summed E-state index contributed by atoms with van der Waals surface area (Å²) in [4.78, 5) is 6.23. The summed E-state index contributed by atoms with van der Waals surface area (Å²) in [5.41, 5.74) is 4.48. The number of rotatable bonds is 2. The van der Waals surface area contributed by atoms with E-state index in [0.717, 1.165) is 22.6 Å². The number of hydroxylamine groups is 1. The first-order valence-electron chi connectivity index (χ1n) is 8.72. The van der Waals surface area contributed by atoms with E-state index in [1.54, 1.807) is 0 Å². The average Bonchev–Trinajstić information content (AvgIpc) is 2.74. The third-order valence-corrected chi connectivity index (χ3v) is 4.70. The molecule has 0 spiro atoms. The third kappa shape index (κ3) is 2.44. The second kappa shape index (κ2) is 6.08. The molecule has 0 N–H and O–H groups in total. The number of para-hydroxylation sites is 1. The van der Waals surface area contributed by atoms with Gasteiger partial charge in [-0.3, -0.25) is 0 Å². The van der Waals surface area contributed by atoms with Gasteiger partial charge in [-0.1, -0.05) is 78.9 Å². The minimum absolute atomic E-state index is 0.869. The van der Waals surface area contributed by atoms with E-state index in [4.69, 9.17) is 4.84 Å². The highest BCUT2D eigenvalue weighted by Gasteiger charge is 2.23. The molecule has 1 aliphatic heterocycles. The minimum atomic E-state index is 0.869. The summed E-state index contributed by atoms with van der Waals surface area (Å²) in [7, 11) is 0. The fraction of sp³-hybridized carbons (Fsp3) is 0. The van der Waals surface area contributed by atoms with E-state index < -0.39 is 0 Å². The number of nitrogens with zero attached hydrogens (tertiary/aromatic N) is 1. The van der Waals surface area contributed by atoms with Crippen LogP contribution in [0.25, 0.3) is 16.3 Å².